The first kappa shape index (κ1) is 18.2. The van der Waals surface area contributed by atoms with Crippen molar-refractivity contribution in [1.82, 2.24) is 0 Å². The molecule has 0 radical (unpaired) electrons. The molecule has 1 saturated carbocycles. The van der Waals surface area contributed by atoms with E-state index in [9.17, 15) is 14.4 Å². The summed E-state index contributed by atoms with van der Waals surface area (Å²) in [5, 5.41) is 0. The third kappa shape index (κ3) is 4.91. The van der Waals surface area contributed by atoms with Gasteiger partial charge in [0.15, 0.2) is 5.78 Å². The maximum Gasteiger partial charge on any atom is 0.303 e. The van der Waals surface area contributed by atoms with E-state index >= 15 is 0 Å². The zero-order valence-electron chi connectivity index (χ0n) is 14.3. The van der Waals surface area contributed by atoms with Crippen molar-refractivity contribution in [2.24, 2.45) is 0 Å². The van der Waals surface area contributed by atoms with E-state index in [2.05, 4.69) is 0 Å². The van der Waals surface area contributed by atoms with Crippen LogP contribution in [-0.4, -0.2) is 24.3 Å². The number of carbonyl (C=O) groups is 3. The zero-order valence-corrected chi connectivity index (χ0v) is 14.3. The summed E-state index contributed by atoms with van der Waals surface area (Å²) in [6.07, 6.45) is 5.11. The van der Waals surface area contributed by atoms with Gasteiger partial charge >= 0.3 is 11.9 Å². The van der Waals surface area contributed by atoms with E-state index in [4.69, 9.17) is 9.47 Å². The lowest BCUT2D eigenvalue weighted by molar-refractivity contribution is -0.162. The van der Waals surface area contributed by atoms with Crippen molar-refractivity contribution in [3.8, 4) is 0 Å². The van der Waals surface area contributed by atoms with Crippen LogP contribution in [0.5, 0.6) is 0 Å². The Bertz CT molecular complexity index is 597. The molecule has 1 aromatic carbocycles. The van der Waals surface area contributed by atoms with E-state index in [1.165, 1.54) is 13.8 Å². The Balaban J connectivity index is 2.07. The van der Waals surface area contributed by atoms with Crippen LogP contribution in [0, 0.1) is 0 Å². The molecule has 1 fully saturated rings. The molecule has 0 spiro atoms. The molecule has 0 amide bonds. The average molecular weight is 332 g/mol. The number of rotatable bonds is 6. The Morgan fingerprint density at radius 1 is 0.958 bits per heavy atom. The van der Waals surface area contributed by atoms with Crippen LogP contribution < -0.4 is 0 Å². The number of ether oxygens (including phenoxy) is 2. The summed E-state index contributed by atoms with van der Waals surface area (Å²) in [4.78, 5) is 34.0. The number of ketones is 1. The minimum atomic E-state index is -0.537. The lowest BCUT2D eigenvalue weighted by atomic mass is 9.79. The monoisotopic (exact) mass is 332 g/mol. The number of benzene rings is 1. The van der Waals surface area contributed by atoms with Crippen molar-refractivity contribution in [3.05, 3.63) is 35.4 Å². The first-order chi connectivity index (χ1) is 11.4. The average Bonchev–Trinajstić information content (AvgIpc) is 2.54. The molecular formula is C19H24O5. The maximum atomic E-state index is 11.8. The van der Waals surface area contributed by atoms with E-state index in [1.807, 2.05) is 24.3 Å². The number of hydrogen-bond acceptors (Lipinski definition) is 5. The second-order valence-electron chi connectivity index (χ2n) is 6.34. The minimum Gasteiger partial charge on any atom is -0.458 e. The molecule has 0 atom stereocenters. The van der Waals surface area contributed by atoms with Crippen LogP contribution >= 0.6 is 0 Å². The third-order valence-corrected chi connectivity index (χ3v) is 4.32. The second kappa shape index (κ2) is 8.08. The van der Waals surface area contributed by atoms with E-state index in [1.54, 1.807) is 0 Å². The van der Waals surface area contributed by atoms with Crippen LogP contribution in [0.2, 0.25) is 0 Å². The van der Waals surface area contributed by atoms with Gasteiger partial charge < -0.3 is 9.47 Å². The molecule has 0 aliphatic heterocycles. The fourth-order valence-corrected chi connectivity index (χ4v) is 3.23. The van der Waals surface area contributed by atoms with Crippen molar-refractivity contribution in [2.75, 3.05) is 6.61 Å². The molecule has 24 heavy (non-hydrogen) atoms. The molecule has 1 aliphatic carbocycles. The van der Waals surface area contributed by atoms with Crippen LogP contribution in [0.25, 0.3) is 0 Å². The Kier molecular flexibility index (Phi) is 6.12. The number of carbonyl (C=O) groups excluding carboxylic acids is 3. The molecule has 130 valence electrons. The van der Waals surface area contributed by atoms with Crippen LogP contribution in [-0.2, 0) is 35.9 Å². The highest BCUT2D eigenvalue weighted by molar-refractivity contribution is 5.83. The first-order valence-corrected chi connectivity index (χ1v) is 8.35. The molecule has 0 aromatic heterocycles. The molecule has 0 unspecified atom stereocenters. The normalized spacial score (nSPS) is 16.2. The van der Waals surface area contributed by atoms with Crippen LogP contribution in [0.15, 0.2) is 24.3 Å². The predicted octanol–water partition coefficient (Wildman–Crippen LogP) is 3.08. The molecule has 5 nitrogen and oxygen atoms in total. The van der Waals surface area contributed by atoms with Gasteiger partial charge in [-0.15, -0.1) is 0 Å². The largest absolute Gasteiger partial charge is 0.458 e. The molecule has 0 bridgehead atoms. The van der Waals surface area contributed by atoms with Crippen molar-refractivity contribution < 1.29 is 23.9 Å². The van der Waals surface area contributed by atoms with Gasteiger partial charge in [0.1, 0.15) is 12.2 Å². The van der Waals surface area contributed by atoms with Gasteiger partial charge in [-0.2, -0.15) is 0 Å². The quantitative estimate of drug-likeness (QED) is 0.749. The van der Waals surface area contributed by atoms with Gasteiger partial charge in [0.2, 0.25) is 0 Å². The van der Waals surface area contributed by atoms with Gasteiger partial charge in [-0.25, -0.2) is 0 Å². The summed E-state index contributed by atoms with van der Waals surface area (Å²) in [5.74, 6) is -0.873. The van der Waals surface area contributed by atoms with Crippen molar-refractivity contribution in [3.63, 3.8) is 0 Å². The molecule has 2 rings (SSSR count). The standard InChI is InChI=1S/C19H24O5/c1-14(20)23-13-18(22)12-16-6-8-17(9-7-16)19(24-15(2)21)10-4-3-5-11-19/h6-9H,3-5,10-13H2,1-2H3. The van der Waals surface area contributed by atoms with Crippen molar-refractivity contribution in [2.45, 2.75) is 58.0 Å². The summed E-state index contributed by atoms with van der Waals surface area (Å²) in [6.45, 7) is 2.52. The third-order valence-electron chi connectivity index (χ3n) is 4.32. The second-order valence-corrected chi connectivity index (χ2v) is 6.34. The fraction of sp³-hybridized carbons (Fsp3) is 0.526. The van der Waals surface area contributed by atoms with Gasteiger partial charge in [-0.3, -0.25) is 14.4 Å². The van der Waals surface area contributed by atoms with E-state index < -0.39 is 11.6 Å². The van der Waals surface area contributed by atoms with Crippen LogP contribution in [0.4, 0.5) is 0 Å². The smallest absolute Gasteiger partial charge is 0.303 e. The summed E-state index contributed by atoms with van der Waals surface area (Å²) >= 11 is 0. The lowest BCUT2D eigenvalue weighted by Crippen LogP contribution is -2.34. The Morgan fingerprint density at radius 3 is 2.12 bits per heavy atom. The molecule has 0 heterocycles. The number of Topliss-reactive ketones (excluding diaryl/α,β-unsaturated/α-hetero) is 1. The maximum absolute atomic E-state index is 11.8. The van der Waals surface area contributed by atoms with Gasteiger partial charge in [0, 0.05) is 20.3 Å². The highest BCUT2D eigenvalue weighted by Gasteiger charge is 2.36. The first-order valence-electron chi connectivity index (χ1n) is 8.35. The molecule has 0 saturated heterocycles. The van der Waals surface area contributed by atoms with E-state index in [0.29, 0.717) is 0 Å². The van der Waals surface area contributed by atoms with Gasteiger partial charge in [0.05, 0.1) is 0 Å². The lowest BCUT2D eigenvalue weighted by Gasteiger charge is -2.37. The van der Waals surface area contributed by atoms with E-state index in [0.717, 1.165) is 43.2 Å². The highest BCUT2D eigenvalue weighted by Crippen LogP contribution is 2.40. The fourth-order valence-electron chi connectivity index (χ4n) is 3.23. The Labute approximate surface area is 142 Å². The van der Waals surface area contributed by atoms with Gasteiger partial charge in [-0.05, 0) is 36.8 Å². The number of esters is 2. The summed E-state index contributed by atoms with van der Waals surface area (Å²) in [5.41, 5.74) is 1.29. The van der Waals surface area contributed by atoms with Gasteiger partial charge in [0.25, 0.3) is 0 Å². The Morgan fingerprint density at radius 2 is 1.58 bits per heavy atom. The Hall–Kier alpha value is -2.17. The SMILES string of the molecule is CC(=O)OCC(=O)Cc1ccc(C2(OC(C)=O)CCCCC2)cc1. The molecule has 1 aliphatic rings. The van der Waals surface area contributed by atoms with Crippen LogP contribution in [0.3, 0.4) is 0 Å². The zero-order chi connectivity index (χ0) is 17.6. The summed E-state index contributed by atoms with van der Waals surface area (Å²) < 4.78 is 10.4. The summed E-state index contributed by atoms with van der Waals surface area (Å²) in [6, 6.07) is 7.62. The highest BCUT2D eigenvalue weighted by atomic mass is 16.6. The van der Waals surface area contributed by atoms with Crippen molar-refractivity contribution >= 4 is 17.7 Å². The molecule has 1 aromatic rings. The predicted molar refractivity (Wildman–Crippen MR) is 88.3 cm³/mol. The molecule has 5 heteroatoms. The van der Waals surface area contributed by atoms with Crippen LogP contribution in [0.1, 0.15) is 57.1 Å². The van der Waals surface area contributed by atoms with E-state index in [-0.39, 0.29) is 24.8 Å². The topological polar surface area (TPSA) is 69.7 Å². The molecular weight excluding hydrogens is 308 g/mol. The van der Waals surface area contributed by atoms with Gasteiger partial charge in [-0.1, -0.05) is 30.7 Å². The number of hydrogen-bond donors (Lipinski definition) is 0. The molecule has 0 N–H and O–H groups in total. The summed E-state index contributed by atoms with van der Waals surface area (Å²) in [7, 11) is 0. The minimum absolute atomic E-state index is 0.148. The van der Waals surface area contributed by atoms with Crippen molar-refractivity contribution in [1.29, 1.82) is 0 Å².